The average Bonchev–Trinajstić information content (AvgIpc) is 2.41. The third-order valence-electron chi connectivity index (χ3n) is 4.32. The van der Waals surface area contributed by atoms with Crippen molar-refractivity contribution in [3.63, 3.8) is 0 Å². The molecule has 1 atom stereocenters. The van der Waals surface area contributed by atoms with E-state index in [4.69, 9.17) is 14.6 Å². The summed E-state index contributed by atoms with van der Waals surface area (Å²) in [6.07, 6.45) is 2.66. The third-order valence-corrected chi connectivity index (χ3v) is 4.32. The van der Waals surface area contributed by atoms with Gasteiger partial charge in [-0.15, -0.1) is 0 Å². The Morgan fingerprint density at radius 2 is 2.20 bits per heavy atom. The van der Waals surface area contributed by atoms with Crippen LogP contribution in [-0.4, -0.2) is 60.9 Å². The van der Waals surface area contributed by atoms with Gasteiger partial charge in [0.2, 0.25) is 5.91 Å². The number of morpholine rings is 1. The molecule has 0 aromatic rings. The van der Waals surface area contributed by atoms with E-state index in [2.05, 4.69) is 0 Å². The number of aliphatic carboxylic acids is 1. The second-order valence-electron chi connectivity index (χ2n) is 5.53. The van der Waals surface area contributed by atoms with Gasteiger partial charge in [-0.3, -0.25) is 4.79 Å². The maximum atomic E-state index is 12.7. The minimum absolute atomic E-state index is 0.0815. The SMILES string of the molecule is CCOCCC1(C(=O)N2CCOC(C(=O)O)C2)CCC1. The summed E-state index contributed by atoms with van der Waals surface area (Å²) in [6.45, 7) is 4.13. The van der Waals surface area contributed by atoms with Gasteiger partial charge < -0.3 is 19.5 Å². The molecule has 1 saturated carbocycles. The predicted octanol–water partition coefficient (Wildman–Crippen LogP) is 0.895. The van der Waals surface area contributed by atoms with Crippen LogP contribution >= 0.6 is 0 Å². The first-order chi connectivity index (χ1) is 9.59. The number of carbonyl (C=O) groups excluding carboxylic acids is 1. The first kappa shape index (κ1) is 15.3. The van der Waals surface area contributed by atoms with Crippen molar-refractivity contribution in [3.8, 4) is 0 Å². The normalized spacial score (nSPS) is 25.1. The van der Waals surface area contributed by atoms with Crippen molar-refractivity contribution in [1.29, 1.82) is 0 Å². The molecule has 20 heavy (non-hydrogen) atoms. The number of hydrogen-bond acceptors (Lipinski definition) is 4. The maximum absolute atomic E-state index is 12.7. The molecule has 1 aliphatic heterocycles. The van der Waals surface area contributed by atoms with Crippen LogP contribution in [0.1, 0.15) is 32.6 Å². The highest BCUT2D eigenvalue weighted by Crippen LogP contribution is 2.45. The number of nitrogens with zero attached hydrogens (tertiary/aromatic N) is 1. The molecule has 2 fully saturated rings. The molecule has 1 aliphatic carbocycles. The summed E-state index contributed by atoms with van der Waals surface area (Å²) in [5, 5.41) is 9.00. The Hall–Kier alpha value is -1.14. The van der Waals surface area contributed by atoms with Crippen molar-refractivity contribution >= 4 is 11.9 Å². The molecule has 0 aromatic carbocycles. The van der Waals surface area contributed by atoms with Gasteiger partial charge in [0.1, 0.15) is 0 Å². The molecule has 0 aromatic heterocycles. The number of ether oxygens (including phenoxy) is 2. The second-order valence-corrected chi connectivity index (χ2v) is 5.53. The zero-order valence-electron chi connectivity index (χ0n) is 12.0. The summed E-state index contributed by atoms with van der Waals surface area (Å²) in [5.41, 5.74) is -0.324. The molecule has 6 nitrogen and oxygen atoms in total. The van der Waals surface area contributed by atoms with Gasteiger partial charge in [-0.05, 0) is 26.2 Å². The van der Waals surface area contributed by atoms with Crippen LogP contribution in [0.4, 0.5) is 0 Å². The molecule has 1 amide bonds. The molecule has 2 aliphatic rings. The molecular weight excluding hydrogens is 262 g/mol. The van der Waals surface area contributed by atoms with Gasteiger partial charge in [0.05, 0.1) is 18.6 Å². The summed E-state index contributed by atoms with van der Waals surface area (Å²) in [7, 11) is 0. The van der Waals surface area contributed by atoms with E-state index in [1.54, 1.807) is 4.90 Å². The van der Waals surface area contributed by atoms with E-state index in [9.17, 15) is 9.59 Å². The smallest absolute Gasteiger partial charge is 0.334 e. The third kappa shape index (κ3) is 3.12. The van der Waals surface area contributed by atoms with E-state index >= 15 is 0 Å². The van der Waals surface area contributed by atoms with Crippen molar-refractivity contribution in [2.75, 3.05) is 32.9 Å². The zero-order valence-corrected chi connectivity index (χ0v) is 12.0. The van der Waals surface area contributed by atoms with Crippen molar-refractivity contribution in [1.82, 2.24) is 4.90 Å². The number of carboxylic acids is 1. The first-order valence-electron chi connectivity index (χ1n) is 7.30. The fraction of sp³-hybridized carbons (Fsp3) is 0.857. The van der Waals surface area contributed by atoms with Crippen LogP contribution in [0.3, 0.4) is 0 Å². The van der Waals surface area contributed by atoms with Crippen LogP contribution in [-0.2, 0) is 19.1 Å². The minimum atomic E-state index is -1.00. The highest BCUT2D eigenvalue weighted by molar-refractivity contribution is 5.84. The quantitative estimate of drug-likeness (QED) is 0.734. The largest absolute Gasteiger partial charge is 0.479 e. The maximum Gasteiger partial charge on any atom is 0.334 e. The van der Waals surface area contributed by atoms with Gasteiger partial charge in [0, 0.05) is 19.8 Å². The van der Waals surface area contributed by atoms with Crippen LogP contribution in [0.5, 0.6) is 0 Å². The highest BCUT2D eigenvalue weighted by atomic mass is 16.5. The fourth-order valence-corrected chi connectivity index (χ4v) is 2.90. The van der Waals surface area contributed by atoms with Gasteiger partial charge in [-0.2, -0.15) is 0 Å². The minimum Gasteiger partial charge on any atom is -0.479 e. The van der Waals surface area contributed by atoms with Gasteiger partial charge in [-0.1, -0.05) is 6.42 Å². The lowest BCUT2D eigenvalue weighted by Gasteiger charge is -2.45. The molecule has 6 heteroatoms. The summed E-state index contributed by atoms with van der Waals surface area (Å²) in [4.78, 5) is 25.3. The van der Waals surface area contributed by atoms with Gasteiger partial charge >= 0.3 is 5.97 Å². The fourth-order valence-electron chi connectivity index (χ4n) is 2.90. The monoisotopic (exact) mass is 285 g/mol. The average molecular weight is 285 g/mol. The molecule has 0 radical (unpaired) electrons. The van der Waals surface area contributed by atoms with E-state index in [-0.39, 0.29) is 17.9 Å². The highest BCUT2D eigenvalue weighted by Gasteiger charge is 2.47. The van der Waals surface area contributed by atoms with E-state index in [1.807, 2.05) is 6.92 Å². The van der Waals surface area contributed by atoms with Crippen LogP contribution in [0.15, 0.2) is 0 Å². The number of amides is 1. The Morgan fingerprint density at radius 3 is 2.75 bits per heavy atom. The number of rotatable bonds is 6. The lowest BCUT2D eigenvalue weighted by atomic mass is 9.65. The molecule has 114 valence electrons. The number of hydrogen-bond donors (Lipinski definition) is 1. The Bertz CT molecular complexity index is 367. The van der Waals surface area contributed by atoms with Crippen molar-refractivity contribution in [2.45, 2.75) is 38.7 Å². The van der Waals surface area contributed by atoms with Gasteiger partial charge in [-0.25, -0.2) is 4.79 Å². The molecule has 2 rings (SSSR count). The lowest BCUT2D eigenvalue weighted by Crippen LogP contribution is -2.55. The molecular formula is C14H23NO5. The molecule has 1 saturated heterocycles. The first-order valence-corrected chi connectivity index (χ1v) is 7.30. The van der Waals surface area contributed by atoms with Crippen LogP contribution in [0, 0.1) is 5.41 Å². The van der Waals surface area contributed by atoms with E-state index in [0.29, 0.717) is 26.4 Å². The van der Waals surface area contributed by atoms with Crippen LogP contribution in [0.2, 0.25) is 0 Å². The van der Waals surface area contributed by atoms with Gasteiger partial charge in [0.15, 0.2) is 6.10 Å². The number of carbonyl (C=O) groups is 2. The van der Waals surface area contributed by atoms with Crippen LogP contribution < -0.4 is 0 Å². The predicted molar refractivity (Wildman–Crippen MR) is 71.3 cm³/mol. The summed E-state index contributed by atoms with van der Waals surface area (Å²) >= 11 is 0. The standard InChI is InChI=1S/C14H23NO5/c1-2-19-8-6-14(4-3-5-14)13(18)15-7-9-20-11(10-15)12(16)17/h11H,2-10H2,1H3,(H,16,17). The summed E-state index contributed by atoms with van der Waals surface area (Å²) in [6, 6.07) is 0. The molecule has 1 N–H and O–H groups in total. The second kappa shape index (κ2) is 6.54. The lowest BCUT2D eigenvalue weighted by molar-refractivity contribution is -0.166. The van der Waals surface area contributed by atoms with E-state index < -0.39 is 12.1 Å². The van der Waals surface area contributed by atoms with Crippen molar-refractivity contribution in [2.24, 2.45) is 5.41 Å². The molecule has 1 unspecified atom stereocenters. The van der Waals surface area contributed by atoms with Gasteiger partial charge in [0.25, 0.3) is 0 Å². The van der Waals surface area contributed by atoms with E-state index in [0.717, 1.165) is 25.7 Å². The Kier molecular flexibility index (Phi) is 4.99. The Labute approximate surface area is 119 Å². The van der Waals surface area contributed by atoms with E-state index in [1.165, 1.54) is 0 Å². The number of carboxylic acid groups (broad SMARTS) is 1. The molecule has 0 bridgehead atoms. The summed E-state index contributed by atoms with van der Waals surface area (Å²) in [5.74, 6) is -0.919. The molecule has 0 spiro atoms. The van der Waals surface area contributed by atoms with Crippen LogP contribution in [0.25, 0.3) is 0 Å². The Balaban J connectivity index is 1.95. The molecule has 1 heterocycles. The van der Waals surface area contributed by atoms with Crippen molar-refractivity contribution in [3.05, 3.63) is 0 Å². The zero-order chi connectivity index (χ0) is 14.6. The summed E-state index contributed by atoms with van der Waals surface area (Å²) < 4.78 is 10.5. The Morgan fingerprint density at radius 1 is 1.45 bits per heavy atom. The topological polar surface area (TPSA) is 76.1 Å². The van der Waals surface area contributed by atoms with Crippen molar-refractivity contribution < 1.29 is 24.2 Å².